The number of benzene rings is 2. The fourth-order valence-corrected chi connectivity index (χ4v) is 6.34. The van der Waals surface area contributed by atoms with Crippen molar-refractivity contribution in [2.45, 2.75) is 49.7 Å². The highest BCUT2D eigenvalue weighted by atomic mass is 32.1. The molecule has 210 valence electrons. The molecular weight excluding hydrogens is 528 g/mol. The second kappa shape index (κ2) is 11.7. The average molecular weight is 563 g/mol. The van der Waals surface area contributed by atoms with Crippen molar-refractivity contribution in [2.24, 2.45) is 22.2 Å². The standard InChI is InChI=1S/C28H34N8O3S/c29-27(30)32-14-6-10-20(23(37)25-34-19-9-4-5-11-22(19)40-25)33-24(38)21-12-15-35-16-13-28(31,26(39)36(21)35)17-18-7-2-1-3-8-18/h1-5,7-9,11,20-21H,6,10,12-17,31H2,(H,33,38)(H4,29,30,32)/t20?,21-,28+/m0/s1. The van der Waals surface area contributed by atoms with Crippen LogP contribution in [0.15, 0.2) is 59.6 Å². The number of nitrogens with one attached hydrogen (secondary N) is 1. The highest BCUT2D eigenvalue weighted by molar-refractivity contribution is 7.20. The molecule has 40 heavy (non-hydrogen) atoms. The van der Waals surface area contributed by atoms with Crippen LogP contribution in [0.5, 0.6) is 0 Å². The van der Waals surface area contributed by atoms with E-state index < -0.39 is 17.6 Å². The molecule has 3 aromatic rings. The zero-order valence-electron chi connectivity index (χ0n) is 22.2. The maximum atomic E-state index is 13.7. The van der Waals surface area contributed by atoms with Crippen LogP contribution in [0.4, 0.5) is 0 Å². The first kappa shape index (κ1) is 27.7. The largest absolute Gasteiger partial charge is 0.370 e. The Morgan fingerprint density at radius 2 is 1.88 bits per heavy atom. The fourth-order valence-electron chi connectivity index (χ4n) is 5.38. The van der Waals surface area contributed by atoms with Crippen molar-refractivity contribution >= 4 is 45.1 Å². The number of aromatic nitrogens is 1. The van der Waals surface area contributed by atoms with Crippen LogP contribution in [0.1, 0.15) is 41.0 Å². The summed E-state index contributed by atoms with van der Waals surface area (Å²) in [6, 6.07) is 15.5. The van der Waals surface area contributed by atoms with Crippen molar-refractivity contribution in [3.8, 4) is 0 Å². The van der Waals surface area contributed by atoms with Gasteiger partial charge < -0.3 is 22.5 Å². The number of aliphatic imine (C=N–C) groups is 1. The lowest BCUT2D eigenvalue weighted by molar-refractivity contribution is -0.165. The summed E-state index contributed by atoms with van der Waals surface area (Å²) in [5.74, 6) is -0.979. The molecule has 1 aromatic heterocycles. The predicted molar refractivity (Wildman–Crippen MR) is 154 cm³/mol. The Bertz CT molecular complexity index is 1390. The summed E-state index contributed by atoms with van der Waals surface area (Å²) in [5, 5.41) is 6.65. The smallest absolute Gasteiger partial charge is 0.258 e. The van der Waals surface area contributed by atoms with Gasteiger partial charge in [-0.1, -0.05) is 42.5 Å². The number of guanidine groups is 1. The topological polar surface area (TPSA) is 173 Å². The lowest BCUT2D eigenvalue weighted by Gasteiger charge is -2.44. The Hall–Kier alpha value is -3.87. The molecule has 2 saturated heterocycles. The minimum absolute atomic E-state index is 0.0338. The van der Waals surface area contributed by atoms with Gasteiger partial charge in [-0.05, 0) is 49.8 Å². The normalized spacial score (nSPS) is 21.7. The summed E-state index contributed by atoms with van der Waals surface area (Å²) in [7, 11) is 0. The van der Waals surface area contributed by atoms with Crippen LogP contribution in [0.2, 0.25) is 0 Å². The highest BCUT2D eigenvalue weighted by Crippen LogP contribution is 2.31. The van der Waals surface area contributed by atoms with Crippen molar-refractivity contribution in [3.63, 3.8) is 0 Å². The number of carbonyl (C=O) groups is 3. The molecule has 0 spiro atoms. The number of ketones is 1. The van der Waals surface area contributed by atoms with Gasteiger partial charge in [-0.3, -0.25) is 24.4 Å². The summed E-state index contributed by atoms with van der Waals surface area (Å²) in [6.45, 7) is 1.45. The minimum Gasteiger partial charge on any atom is -0.370 e. The fraction of sp³-hybridized carbons (Fsp3) is 0.393. The van der Waals surface area contributed by atoms with E-state index in [1.807, 2.05) is 59.6 Å². The Kier molecular flexibility index (Phi) is 8.10. The summed E-state index contributed by atoms with van der Waals surface area (Å²) >= 11 is 1.29. The first-order chi connectivity index (χ1) is 19.2. The third-order valence-electron chi connectivity index (χ3n) is 7.46. The Labute approximate surface area is 236 Å². The Morgan fingerprint density at radius 1 is 1.12 bits per heavy atom. The number of amides is 2. The number of carbonyl (C=O) groups excluding carboxylic acids is 3. The molecule has 11 nitrogen and oxygen atoms in total. The van der Waals surface area contributed by atoms with E-state index in [1.165, 1.54) is 16.3 Å². The van der Waals surface area contributed by atoms with Crippen LogP contribution < -0.4 is 22.5 Å². The summed E-state index contributed by atoms with van der Waals surface area (Å²) in [5.41, 5.74) is 18.1. The van der Waals surface area contributed by atoms with Gasteiger partial charge in [0.05, 0.1) is 16.3 Å². The number of thiazole rings is 1. The Balaban J connectivity index is 1.33. The average Bonchev–Trinajstić information content (AvgIpc) is 3.57. The summed E-state index contributed by atoms with van der Waals surface area (Å²) in [6.07, 6.45) is 2.12. The molecule has 2 fully saturated rings. The zero-order valence-corrected chi connectivity index (χ0v) is 23.0. The van der Waals surface area contributed by atoms with E-state index in [0.717, 1.165) is 15.8 Å². The van der Waals surface area contributed by atoms with Crippen molar-refractivity contribution in [3.05, 3.63) is 65.2 Å². The molecule has 1 unspecified atom stereocenters. The van der Waals surface area contributed by atoms with Gasteiger partial charge in [0.25, 0.3) is 5.91 Å². The van der Waals surface area contributed by atoms with E-state index in [2.05, 4.69) is 15.3 Å². The number of fused-ring (bicyclic) bond motifs is 2. The maximum Gasteiger partial charge on any atom is 0.258 e. The van der Waals surface area contributed by atoms with Gasteiger partial charge in [-0.15, -0.1) is 11.3 Å². The van der Waals surface area contributed by atoms with E-state index >= 15 is 0 Å². The number of nitrogens with two attached hydrogens (primary N) is 3. The van der Waals surface area contributed by atoms with Gasteiger partial charge in [0, 0.05) is 19.6 Å². The third-order valence-corrected chi connectivity index (χ3v) is 8.51. The van der Waals surface area contributed by atoms with E-state index in [0.29, 0.717) is 56.7 Å². The van der Waals surface area contributed by atoms with Gasteiger partial charge in [0.15, 0.2) is 11.0 Å². The van der Waals surface area contributed by atoms with E-state index in [4.69, 9.17) is 17.2 Å². The van der Waals surface area contributed by atoms with Crippen LogP contribution in [-0.4, -0.2) is 75.8 Å². The molecular formula is C28H34N8O3S. The maximum absolute atomic E-state index is 13.7. The number of hydrazine groups is 1. The van der Waals surface area contributed by atoms with Crippen LogP contribution >= 0.6 is 11.3 Å². The lowest BCUT2D eigenvalue weighted by atomic mass is 9.85. The number of Topliss-reactive ketones (excluding diaryl/α,β-unsaturated/α-hetero) is 1. The van der Waals surface area contributed by atoms with Gasteiger partial charge in [0.1, 0.15) is 11.6 Å². The molecule has 7 N–H and O–H groups in total. The van der Waals surface area contributed by atoms with Gasteiger partial charge in [-0.2, -0.15) is 0 Å². The zero-order chi connectivity index (χ0) is 28.3. The molecule has 0 radical (unpaired) electrons. The molecule has 0 bridgehead atoms. The Morgan fingerprint density at radius 3 is 2.62 bits per heavy atom. The van der Waals surface area contributed by atoms with Gasteiger partial charge in [-0.25, -0.2) is 9.99 Å². The summed E-state index contributed by atoms with van der Waals surface area (Å²) < 4.78 is 0.888. The lowest BCUT2D eigenvalue weighted by Crippen LogP contribution is -2.67. The SMILES string of the molecule is NC(N)=NCCCC(NC(=O)[C@@H]1CCN2CC[C@@](N)(Cc3ccccc3)C(=O)N12)C(=O)c1nc2ccccc2s1. The van der Waals surface area contributed by atoms with Gasteiger partial charge in [0.2, 0.25) is 11.7 Å². The van der Waals surface area contributed by atoms with Crippen molar-refractivity contribution < 1.29 is 14.4 Å². The molecule has 0 saturated carbocycles. The molecule has 2 amide bonds. The first-order valence-electron chi connectivity index (χ1n) is 13.4. The van der Waals surface area contributed by atoms with Crippen molar-refractivity contribution in [1.29, 1.82) is 0 Å². The van der Waals surface area contributed by atoms with Crippen molar-refractivity contribution in [2.75, 3.05) is 19.6 Å². The molecule has 2 aromatic carbocycles. The van der Waals surface area contributed by atoms with E-state index in [1.54, 1.807) is 0 Å². The highest BCUT2D eigenvalue weighted by Gasteiger charge is 2.51. The number of hydrogen-bond donors (Lipinski definition) is 4. The summed E-state index contributed by atoms with van der Waals surface area (Å²) in [4.78, 5) is 49.5. The monoisotopic (exact) mass is 562 g/mol. The van der Waals surface area contributed by atoms with Crippen molar-refractivity contribution in [1.82, 2.24) is 20.3 Å². The minimum atomic E-state index is -1.11. The van der Waals surface area contributed by atoms with Crippen LogP contribution in [0.3, 0.4) is 0 Å². The van der Waals surface area contributed by atoms with E-state index in [9.17, 15) is 14.4 Å². The van der Waals surface area contributed by atoms with Crippen LogP contribution in [0.25, 0.3) is 10.2 Å². The molecule has 0 aliphatic carbocycles. The molecule has 12 heteroatoms. The molecule has 2 aliphatic heterocycles. The molecule has 5 rings (SSSR count). The second-order valence-corrected chi connectivity index (χ2v) is 11.4. The number of hydrogen-bond acceptors (Lipinski definition) is 8. The van der Waals surface area contributed by atoms with E-state index in [-0.39, 0.29) is 23.6 Å². The van der Waals surface area contributed by atoms with Crippen LogP contribution in [0, 0.1) is 0 Å². The molecule has 2 aliphatic rings. The number of para-hydroxylation sites is 1. The first-order valence-corrected chi connectivity index (χ1v) is 14.2. The van der Waals surface area contributed by atoms with Gasteiger partial charge >= 0.3 is 0 Å². The molecule has 3 heterocycles. The van der Waals surface area contributed by atoms with Crippen LogP contribution in [-0.2, 0) is 16.0 Å². The second-order valence-electron chi connectivity index (χ2n) is 10.3. The number of nitrogens with zero attached hydrogens (tertiary/aromatic N) is 4. The quantitative estimate of drug-likeness (QED) is 0.123. The number of rotatable bonds is 10. The third kappa shape index (κ3) is 5.83. The molecule has 3 atom stereocenters. The predicted octanol–water partition coefficient (Wildman–Crippen LogP) is 1.18.